The summed E-state index contributed by atoms with van der Waals surface area (Å²) in [6, 6.07) is 5.57. The van der Waals surface area contributed by atoms with Gasteiger partial charge in [-0.2, -0.15) is 13.2 Å². The van der Waals surface area contributed by atoms with Crippen LogP contribution in [0.15, 0.2) is 29.3 Å². The summed E-state index contributed by atoms with van der Waals surface area (Å²) in [5.41, 5.74) is 0.000717. The summed E-state index contributed by atoms with van der Waals surface area (Å²) < 4.78 is 38.5. The zero-order valence-corrected chi connectivity index (χ0v) is 12.9. The molecule has 0 bridgehead atoms. The van der Waals surface area contributed by atoms with Gasteiger partial charge in [0.15, 0.2) is 5.96 Å². The van der Waals surface area contributed by atoms with Gasteiger partial charge in [-0.25, -0.2) is 0 Å². The molecule has 1 aromatic carbocycles. The van der Waals surface area contributed by atoms with Crippen LogP contribution >= 0.6 is 0 Å². The summed E-state index contributed by atoms with van der Waals surface area (Å²) in [4.78, 5) is 6.18. The minimum atomic E-state index is -4.33. The zero-order valence-electron chi connectivity index (χ0n) is 12.9. The minimum absolute atomic E-state index is 0.178. The van der Waals surface area contributed by atoms with Crippen LogP contribution in [0.25, 0.3) is 0 Å². The average Bonchev–Trinajstić information content (AvgIpc) is 2.84. The van der Waals surface area contributed by atoms with Gasteiger partial charge < -0.3 is 15.5 Å². The van der Waals surface area contributed by atoms with Crippen LogP contribution in [0.4, 0.5) is 13.2 Å². The summed E-state index contributed by atoms with van der Waals surface area (Å²) in [6.07, 6.45) is -4.33. The van der Waals surface area contributed by atoms with Gasteiger partial charge in [0, 0.05) is 12.6 Å². The van der Waals surface area contributed by atoms with Crippen molar-refractivity contribution >= 4 is 5.96 Å². The normalized spacial score (nSPS) is 19.8. The third-order valence-electron chi connectivity index (χ3n) is 3.59. The van der Waals surface area contributed by atoms with Crippen molar-refractivity contribution in [2.45, 2.75) is 25.2 Å². The monoisotopic (exact) mass is 314 g/mol. The second kappa shape index (κ2) is 6.56. The number of hydrogen-bond acceptors (Lipinski definition) is 4. The van der Waals surface area contributed by atoms with Crippen LogP contribution in [-0.2, 0) is 6.18 Å². The van der Waals surface area contributed by atoms with Crippen molar-refractivity contribution in [2.75, 3.05) is 27.2 Å². The molecule has 2 N–H and O–H groups in total. The van der Waals surface area contributed by atoms with E-state index in [2.05, 4.69) is 15.6 Å². The Labute approximate surface area is 128 Å². The lowest BCUT2D eigenvalue weighted by molar-refractivity contribution is -0.137. The van der Waals surface area contributed by atoms with Crippen molar-refractivity contribution in [3.05, 3.63) is 35.4 Å². The van der Waals surface area contributed by atoms with Crippen molar-refractivity contribution in [1.29, 1.82) is 0 Å². The van der Waals surface area contributed by atoms with Crippen molar-refractivity contribution < 1.29 is 13.2 Å². The zero-order chi connectivity index (χ0) is 16.3. The largest absolute Gasteiger partial charge is 0.416 e. The number of aliphatic imine (C=N–C) groups is 1. The predicted molar refractivity (Wildman–Crippen MR) is 80.8 cm³/mol. The Morgan fingerprint density at radius 1 is 1.41 bits per heavy atom. The molecule has 4 nitrogen and oxygen atoms in total. The molecule has 2 atom stereocenters. The van der Waals surface area contributed by atoms with Crippen LogP contribution < -0.4 is 10.6 Å². The summed E-state index contributed by atoms with van der Waals surface area (Å²) in [5, 5.41) is 6.34. The number of halogens is 3. The first-order chi connectivity index (χ1) is 10.3. The standard InChI is InChI=1S/C15H21F3N4/c1-10-8-19-14(21-10)20-9-13(22(2)3)11-5-4-6-12(7-11)15(16,17)18/h4-7,10,13H,8-9H2,1-3H3,(H2,19,20,21). The first-order valence-corrected chi connectivity index (χ1v) is 7.16. The van der Waals surface area contributed by atoms with Crippen LogP contribution in [0, 0.1) is 0 Å². The fraction of sp³-hybridized carbons (Fsp3) is 0.533. The maximum Gasteiger partial charge on any atom is 0.416 e. The van der Waals surface area contributed by atoms with E-state index in [9.17, 15) is 13.2 Å². The molecule has 0 radical (unpaired) electrons. The Morgan fingerprint density at radius 3 is 2.68 bits per heavy atom. The summed E-state index contributed by atoms with van der Waals surface area (Å²) in [7, 11) is 3.69. The van der Waals surface area contributed by atoms with Gasteiger partial charge in [-0.15, -0.1) is 0 Å². The molecule has 1 heterocycles. The molecule has 0 amide bonds. The van der Waals surface area contributed by atoms with Gasteiger partial charge in [0.05, 0.1) is 18.2 Å². The van der Waals surface area contributed by atoms with Gasteiger partial charge in [0.1, 0.15) is 0 Å². The molecule has 2 rings (SSSR count). The third kappa shape index (κ3) is 4.13. The molecule has 0 aromatic heterocycles. The van der Waals surface area contributed by atoms with E-state index in [0.29, 0.717) is 24.6 Å². The molecule has 22 heavy (non-hydrogen) atoms. The van der Waals surface area contributed by atoms with E-state index in [0.717, 1.165) is 6.07 Å². The average molecular weight is 314 g/mol. The van der Waals surface area contributed by atoms with Crippen LogP contribution in [0.3, 0.4) is 0 Å². The van der Waals surface area contributed by atoms with Crippen LogP contribution in [0.5, 0.6) is 0 Å². The molecule has 0 spiro atoms. The minimum Gasteiger partial charge on any atom is -0.354 e. The predicted octanol–water partition coefficient (Wildman–Crippen LogP) is 2.25. The van der Waals surface area contributed by atoms with E-state index in [1.165, 1.54) is 12.1 Å². The van der Waals surface area contributed by atoms with E-state index in [4.69, 9.17) is 0 Å². The SMILES string of the molecule is CC1CN=C(NCC(c2cccc(C(F)(F)F)c2)N(C)C)N1. The van der Waals surface area contributed by atoms with Gasteiger partial charge >= 0.3 is 6.18 Å². The topological polar surface area (TPSA) is 39.7 Å². The summed E-state index contributed by atoms with van der Waals surface area (Å²) in [5.74, 6) is 0.700. The smallest absolute Gasteiger partial charge is 0.354 e. The third-order valence-corrected chi connectivity index (χ3v) is 3.59. The molecule has 0 saturated heterocycles. The van der Waals surface area contributed by atoms with Crippen LogP contribution in [0.1, 0.15) is 24.1 Å². The maximum atomic E-state index is 12.8. The van der Waals surface area contributed by atoms with Gasteiger partial charge in [-0.1, -0.05) is 12.1 Å². The number of alkyl halides is 3. The molecular formula is C15H21F3N4. The highest BCUT2D eigenvalue weighted by molar-refractivity contribution is 5.81. The van der Waals surface area contributed by atoms with Gasteiger partial charge in [-0.3, -0.25) is 4.99 Å². The molecule has 122 valence electrons. The number of nitrogens with zero attached hydrogens (tertiary/aromatic N) is 2. The van der Waals surface area contributed by atoms with Gasteiger partial charge in [0.25, 0.3) is 0 Å². The molecule has 0 saturated carbocycles. The quantitative estimate of drug-likeness (QED) is 0.895. The van der Waals surface area contributed by atoms with E-state index in [1.54, 1.807) is 6.07 Å². The van der Waals surface area contributed by atoms with Crippen LogP contribution in [-0.4, -0.2) is 44.1 Å². The second-order valence-corrected chi connectivity index (χ2v) is 5.72. The number of guanidine groups is 1. The second-order valence-electron chi connectivity index (χ2n) is 5.72. The van der Waals surface area contributed by atoms with E-state index in [1.807, 2.05) is 25.9 Å². The molecule has 2 unspecified atom stereocenters. The number of likely N-dealkylation sites (N-methyl/N-ethyl adjacent to an activating group) is 1. The lowest BCUT2D eigenvalue weighted by Gasteiger charge is -2.26. The first-order valence-electron chi connectivity index (χ1n) is 7.16. The Bertz CT molecular complexity index is 540. The molecule has 1 aromatic rings. The van der Waals surface area contributed by atoms with Crippen molar-refractivity contribution in [3.8, 4) is 0 Å². The number of hydrogen-bond donors (Lipinski definition) is 2. The van der Waals surface area contributed by atoms with Crippen LogP contribution in [0.2, 0.25) is 0 Å². The number of nitrogens with one attached hydrogen (secondary N) is 2. The molecule has 7 heteroatoms. The van der Waals surface area contributed by atoms with E-state index < -0.39 is 11.7 Å². The fourth-order valence-corrected chi connectivity index (χ4v) is 2.37. The Morgan fingerprint density at radius 2 is 2.14 bits per heavy atom. The maximum absolute atomic E-state index is 12.8. The highest BCUT2D eigenvalue weighted by Crippen LogP contribution is 2.31. The lowest BCUT2D eigenvalue weighted by atomic mass is 10.0. The molecule has 0 fully saturated rings. The van der Waals surface area contributed by atoms with Crippen molar-refractivity contribution in [2.24, 2.45) is 4.99 Å². The Balaban J connectivity index is 2.11. The van der Waals surface area contributed by atoms with Crippen molar-refractivity contribution in [1.82, 2.24) is 15.5 Å². The van der Waals surface area contributed by atoms with Crippen molar-refractivity contribution in [3.63, 3.8) is 0 Å². The Kier molecular flexibility index (Phi) is 4.95. The lowest BCUT2D eigenvalue weighted by Crippen LogP contribution is -2.41. The summed E-state index contributed by atoms with van der Waals surface area (Å²) >= 11 is 0. The summed E-state index contributed by atoms with van der Waals surface area (Å²) in [6.45, 7) is 3.21. The van der Waals surface area contributed by atoms with E-state index in [-0.39, 0.29) is 12.1 Å². The van der Waals surface area contributed by atoms with Gasteiger partial charge in [0.2, 0.25) is 0 Å². The molecular weight excluding hydrogens is 293 g/mol. The molecule has 0 aliphatic carbocycles. The van der Waals surface area contributed by atoms with Gasteiger partial charge in [-0.05, 0) is 38.7 Å². The first kappa shape index (κ1) is 16.6. The molecule has 1 aliphatic rings. The highest BCUT2D eigenvalue weighted by atomic mass is 19.4. The highest BCUT2D eigenvalue weighted by Gasteiger charge is 2.31. The number of rotatable bonds is 4. The van der Waals surface area contributed by atoms with E-state index >= 15 is 0 Å². The molecule has 1 aliphatic heterocycles. The fourth-order valence-electron chi connectivity index (χ4n) is 2.37. The number of benzene rings is 1. The Hall–Kier alpha value is -1.76.